The van der Waals surface area contributed by atoms with Crippen molar-refractivity contribution in [3.05, 3.63) is 137 Å². The molecule has 0 aliphatic heterocycles. The summed E-state index contributed by atoms with van der Waals surface area (Å²) < 4.78 is 9.60. The van der Waals surface area contributed by atoms with Crippen molar-refractivity contribution in [3.63, 3.8) is 0 Å². The summed E-state index contributed by atoms with van der Waals surface area (Å²) in [5.74, 6) is 1.59. The Morgan fingerprint density at radius 1 is 1.00 bits per heavy atom. The first-order chi connectivity index (χ1) is 24.9. The van der Waals surface area contributed by atoms with Gasteiger partial charge >= 0.3 is 0 Å². The second kappa shape index (κ2) is 12.9. The van der Waals surface area contributed by atoms with Crippen LogP contribution in [-0.4, -0.2) is 41.5 Å². The quantitative estimate of drug-likeness (QED) is 0.124. The number of hydrogen-bond acceptors (Lipinski definition) is 9. The molecule has 1 aliphatic carbocycles. The van der Waals surface area contributed by atoms with Crippen LogP contribution in [0.5, 0.6) is 5.75 Å². The first kappa shape index (κ1) is 31.4. The first-order valence-corrected chi connectivity index (χ1v) is 16.5. The van der Waals surface area contributed by atoms with Gasteiger partial charge in [-0.1, -0.05) is 36.4 Å². The Kier molecular flexibility index (Phi) is 7.95. The fourth-order valence-electron chi connectivity index (χ4n) is 6.63. The number of rotatable bonds is 9. The average Bonchev–Trinajstić information content (AvgIpc) is 3.91. The van der Waals surface area contributed by atoms with E-state index in [2.05, 4.69) is 21.5 Å². The third kappa shape index (κ3) is 5.82. The Morgan fingerprint density at radius 2 is 1.86 bits per heavy atom. The van der Waals surface area contributed by atoms with Crippen molar-refractivity contribution in [2.45, 2.75) is 32.4 Å². The van der Waals surface area contributed by atoms with E-state index in [1.54, 1.807) is 17.1 Å². The normalized spacial score (nSPS) is 13.6. The SMILES string of the molecule is Cc1cc(-n2cccn2)nc2c1nc(-c1cccnc1N)n2-c1ccc2c(c1)CC[C@@H]2NC(=O)c1cc(C=O)c(OCc2ccccc2)cc1N. The maximum Gasteiger partial charge on any atom is 0.253 e. The summed E-state index contributed by atoms with van der Waals surface area (Å²) >= 11 is 0. The molecule has 3 aromatic carbocycles. The number of fused-ring (bicyclic) bond motifs is 2. The molecule has 12 heteroatoms. The molecule has 12 nitrogen and oxygen atoms in total. The van der Waals surface area contributed by atoms with Crippen LogP contribution in [0.4, 0.5) is 11.5 Å². The zero-order valence-electron chi connectivity index (χ0n) is 27.7. The Morgan fingerprint density at radius 3 is 2.65 bits per heavy atom. The standard InChI is InChI=1S/C39H33N9O3/c1-23-17-34(47-16-6-15-43-47)45-38-35(23)46-37(29-9-5-14-42-36(29)41)48(38)27-11-12-28-25(18-27)10-13-32(28)44-39(50)30-19-26(21-49)33(20-31(30)40)51-22-24-7-3-2-4-8-24/h2-9,11-12,14-21,32H,10,13,22,40H2,1H3,(H2,41,42)(H,44,50)/t32-/m0/s1. The summed E-state index contributed by atoms with van der Waals surface area (Å²) in [5, 5.41) is 7.52. The lowest BCUT2D eigenvalue weighted by Gasteiger charge is -2.17. The van der Waals surface area contributed by atoms with Crippen LogP contribution in [0, 0.1) is 6.92 Å². The molecule has 1 amide bonds. The Bertz CT molecular complexity index is 2440. The summed E-state index contributed by atoms with van der Waals surface area (Å²) in [6, 6.07) is 26.0. The average molecular weight is 676 g/mol. The molecule has 8 rings (SSSR count). The van der Waals surface area contributed by atoms with Crippen LogP contribution in [0.15, 0.2) is 104 Å². The van der Waals surface area contributed by atoms with Gasteiger partial charge in [0.05, 0.1) is 22.7 Å². The third-order valence-electron chi connectivity index (χ3n) is 9.17. The van der Waals surface area contributed by atoms with Crippen LogP contribution in [0.2, 0.25) is 0 Å². The number of nitrogens with one attached hydrogen (secondary N) is 1. The van der Waals surface area contributed by atoms with Gasteiger partial charge in [-0.3, -0.25) is 14.2 Å². The van der Waals surface area contributed by atoms with E-state index < -0.39 is 0 Å². The fourth-order valence-corrected chi connectivity index (χ4v) is 6.63. The summed E-state index contributed by atoms with van der Waals surface area (Å²) in [6.45, 7) is 2.26. The van der Waals surface area contributed by atoms with Gasteiger partial charge < -0.3 is 21.5 Å². The third-order valence-corrected chi connectivity index (χ3v) is 9.17. The van der Waals surface area contributed by atoms with Crippen molar-refractivity contribution in [1.82, 2.24) is 34.6 Å². The number of aldehydes is 1. The molecule has 0 unspecified atom stereocenters. The zero-order valence-corrected chi connectivity index (χ0v) is 27.7. The number of benzene rings is 3. The van der Waals surface area contributed by atoms with E-state index in [1.807, 2.05) is 84.4 Å². The number of aryl methyl sites for hydroxylation is 2. The molecule has 4 heterocycles. The topological polar surface area (TPSA) is 169 Å². The number of nitrogen functional groups attached to an aromatic ring is 2. The van der Waals surface area contributed by atoms with Crippen LogP contribution in [0.1, 0.15) is 55.4 Å². The van der Waals surface area contributed by atoms with Gasteiger partial charge in [0.15, 0.2) is 23.6 Å². The van der Waals surface area contributed by atoms with Crippen LogP contribution in [-0.2, 0) is 13.0 Å². The lowest BCUT2D eigenvalue weighted by Crippen LogP contribution is -2.28. The van der Waals surface area contributed by atoms with Crippen LogP contribution in [0.25, 0.3) is 34.1 Å². The van der Waals surface area contributed by atoms with Crippen molar-refractivity contribution in [1.29, 1.82) is 0 Å². The van der Waals surface area contributed by atoms with Gasteiger partial charge in [0.1, 0.15) is 23.7 Å². The highest BCUT2D eigenvalue weighted by atomic mass is 16.5. The lowest BCUT2D eigenvalue weighted by molar-refractivity contribution is 0.0937. The van der Waals surface area contributed by atoms with E-state index in [9.17, 15) is 9.59 Å². The number of amides is 1. The second-order valence-corrected chi connectivity index (χ2v) is 12.4. The van der Waals surface area contributed by atoms with Gasteiger partial charge in [-0.25, -0.2) is 19.6 Å². The predicted octanol–water partition coefficient (Wildman–Crippen LogP) is 5.95. The molecule has 51 heavy (non-hydrogen) atoms. The lowest BCUT2D eigenvalue weighted by atomic mass is 10.0. The molecule has 4 aromatic heterocycles. The van der Waals surface area contributed by atoms with Crippen LogP contribution < -0.4 is 21.5 Å². The Labute approximate surface area is 292 Å². The van der Waals surface area contributed by atoms with Gasteiger partial charge in [0, 0.05) is 36.0 Å². The molecule has 252 valence electrons. The molecular weight excluding hydrogens is 642 g/mol. The number of nitrogens with zero attached hydrogens (tertiary/aromatic N) is 6. The molecule has 0 saturated carbocycles. The number of carbonyl (C=O) groups is 2. The molecular formula is C39H33N9O3. The van der Waals surface area contributed by atoms with E-state index in [4.69, 9.17) is 26.2 Å². The second-order valence-electron chi connectivity index (χ2n) is 12.4. The molecule has 7 aromatic rings. The molecule has 0 fully saturated rings. The minimum atomic E-state index is -0.368. The fraction of sp³-hybridized carbons (Fsp3) is 0.128. The van der Waals surface area contributed by atoms with Crippen LogP contribution in [0.3, 0.4) is 0 Å². The van der Waals surface area contributed by atoms with E-state index in [1.165, 1.54) is 12.1 Å². The molecule has 1 aliphatic rings. The minimum absolute atomic E-state index is 0.215. The number of anilines is 2. The molecule has 0 radical (unpaired) electrons. The smallest absolute Gasteiger partial charge is 0.253 e. The highest BCUT2D eigenvalue weighted by Gasteiger charge is 2.28. The number of imidazole rings is 1. The van der Waals surface area contributed by atoms with E-state index in [0.717, 1.165) is 39.9 Å². The van der Waals surface area contributed by atoms with E-state index in [0.29, 0.717) is 47.1 Å². The summed E-state index contributed by atoms with van der Waals surface area (Å²) in [5.41, 5.74) is 20.3. The molecule has 1 atom stereocenters. The number of aromatic nitrogens is 6. The number of carbonyl (C=O) groups excluding carboxylic acids is 2. The highest BCUT2D eigenvalue weighted by Crippen LogP contribution is 2.37. The number of hydrogen-bond donors (Lipinski definition) is 3. The number of pyridine rings is 2. The van der Waals surface area contributed by atoms with Gasteiger partial charge in [-0.15, -0.1) is 0 Å². The monoisotopic (exact) mass is 675 g/mol. The molecule has 0 saturated heterocycles. The molecule has 0 spiro atoms. The van der Waals surface area contributed by atoms with Crippen molar-refractivity contribution < 1.29 is 14.3 Å². The van der Waals surface area contributed by atoms with Gasteiger partial charge in [-0.2, -0.15) is 5.10 Å². The minimum Gasteiger partial charge on any atom is -0.488 e. The van der Waals surface area contributed by atoms with Crippen molar-refractivity contribution in [2.24, 2.45) is 0 Å². The van der Waals surface area contributed by atoms with Crippen molar-refractivity contribution >= 4 is 34.9 Å². The van der Waals surface area contributed by atoms with E-state index >= 15 is 0 Å². The summed E-state index contributed by atoms with van der Waals surface area (Å²) in [7, 11) is 0. The molecule has 5 N–H and O–H groups in total. The number of nitrogens with two attached hydrogens (primary N) is 2. The van der Waals surface area contributed by atoms with Gasteiger partial charge in [0.25, 0.3) is 5.91 Å². The largest absolute Gasteiger partial charge is 0.488 e. The van der Waals surface area contributed by atoms with Gasteiger partial charge in [0.2, 0.25) is 0 Å². The predicted molar refractivity (Wildman–Crippen MR) is 194 cm³/mol. The van der Waals surface area contributed by atoms with Crippen molar-refractivity contribution in [2.75, 3.05) is 11.5 Å². The van der Waals surface area contributed by atoms with Crippen LogP contribution >= 0.6 is 0 Å². The van der Waals surface area contributed by atoms with E-state index in [-0.39, 0.29) is 35.4 Å². The molecule has 0 bridgehead atoms. The maximum absolute atomic E-state index is 13.6. The maximum atomic E-state index is 13.6. The van der Waals surface area contributed by atoms with Gasteiger partial charge in [-0.05, 0) is 84.5 Å². The first-order valence-electron chi connectivity index (χ1n) is 16.5. The summed E-state index contributed by atoms with van der Waals surface area (Å²) in [6.07, 6.45) is 7.30. The highest BCUT2D eigenvalue weighted by molar-refractivity contribution is 6.01. The zero-order chi connectivity index (χ0) is 35.1. The van der Waals surface area contributed by atoms with Crippen molar-refractivity contribution in [3.8, 4) is 28.6 Å². The Balaban J connectivity index is 1.11. The Hall–Kier alpha value is -6.82. The number of ether oxygens (including phenoxy) is 1. The summed E-state index contributed by atoms with van der Waals surface area (Å²) in [4.78, 5) is 39.9.